The number of anilines is 1. The first kappa shape index (κ1) is 15.6. The molecule has 0 radical (unpaired) electrons. The summed E-state index contributed by atoms with van der Waals surface area (Å²) in [6.45, 7) is 0.283. The molecule has 21 heavy (non-hydrogen) atoms. The van der Waals surface area contributed by atoms with E-state index in [0.29, 0.717) is 0 Å². The average molecular weight is 319 g/mol. The van der Waals surface area contributed by atoms with Crippen molar-refractivity contribution in [3.8, 4) is 0 Å². The van der Waals surface area contributed by atoms with Crippen LogP contribution in [-0.2, 0) is 12.7 Å². The van der Waals surface area contributed by atoms with Crippen molar-refractivity contribution >= 4 is 17.4 Å². The number of aromatic nitrogens is 1. The van der Waals surface area contributed by atoms with Crippen LogP contribution in [0.3, 0.4) is 0 Å². The molecule has 0 aliphatic carbocycles. The number of hydrogen-bond acceptors (Lipinski definition) is 2. The van der Waals surface area contributed by atoms with Gasteiger partial charge in [-0.25, -0.2) is 9.37 Å². The summed E-state index contributed by atoms with van der Waals surface area (Å²) in [6.07, 6.45) is -4.49. The molecule has 2 rings (SSSR count). The van der Waals surface area contributed by atoms with Crippen LogP contribution in [0.4, 0.5) is 23.4 Å². The van der Waals surface area contributed by atoms with Gasteiger partial charge >= 0.3 is 6.18 Å². The number of halogens is 5. The van der Waals surface area contributed by atoms with Crippen LogP contribution >= 0.6 is 11.6 Å². The van der Waals surface area contributed by atoms with E-state index in [1.807, 2.05) is 0 Å². The van der Waals surface area contributed by atoms with Gasteiger partial charge in [-0.15, -0.1) is 0 Å². The minimum absolute atomic E-state index is 0.0964. The smallest absolute Gasteiger partial charge is 0.355 e. The number of alkyl halides is 3. The standard InChI is InChI=1S/C14H11ClF4N2/c1-21(8-9-2-4-11(16)5-3-9)13-7-10(14(17,18)19)6-12(15)20-13/h2-7H,8H2,1H3. The molecule has 2 aromatic rings. The molecule has 0 fully saturated rings. The Kier molecular flexibility index (Phi) is 4.37. The van der Waals surface area contributed by atoms with Gasteiger partial charge in [0.2, 0.25) is 0 Å². The lowest BCUT2D eigenvalue weighted by Gasteiger charge is -2.20. The molecular formula is C14H11ClF4N2. The summed E-state index contributed by atoms with van der Waals surface area (Å²) >= 11 is 5.64. The Labute approximate surface area is 124 Å². The lowest BCUT2D eigenvalue weighted by Crippen LogP contribution is -2.19. The Balaban J connectivity index is 2.24. The molecule has 0 saturated heterocycles. The lowest BCUT2D eigenvalue weighted by atomic mass is 10.2. The number of rotatable bonds is 3. The zero-order valence-electron chi connectivity index (χ0n) is 11.0. The van der Waals surface area contributed by atoms with Gasteiger partial charge in [0.05, 0.1) is 5.56 Å². The molecule has 2 nitrogen and oxygen atoms in total. The highest BCUT2D eigenvalue weighted by atomic mass is 35.5. The third-order valence-corrected chi connectivity index (χ3v) is 3.03. The van der Waals surface area contributed by atoms with Crippen molar-refractivity contribution in [2.45, 2.75) is 12.7 Å². The van der Waals surface area contributed by atoms with Gasteiger partial charge in [0.25, 0.3) is 0 Å². The van der Waals surface area contributed by atoms with Crippen molar-refractivity contribution in [2.24, 2.45) is 0 Å². The minimum Gasteiger partial charge on any atom is -0.355 e. The maximum absolute atomic E-state index is 12.8. The molecule has 0 saturated carbocycles. The van der Waals surface area contributed by atoms with Gasteiger partial charge in [-0.1, -0.05) is 23.7 Å². The Morgan fingerprint density at radius 3 is 2.33 bits per heavy atom. The molecule has 0 atom stereocenters. The molecule has 0 unspecified atom stereocenters. The van der Waals surface area contributed by atoms with Crippen LogP contribution in [0.5, 0.6) is 0 Å². The first-order valence-electron chi connectivity index (χ1n) is 5.96. The van der Waals surface area contributed by atoms with Crippen LogP contribution in [0.15, 0.2) is 36.4 Å². The third kappa shape index (κ3) is 4.07. The second kappa shape index (κ2) is 5.89. The predicted molar refractivity (Wildman–Crippen MR) is 72.8 cm³/mol. The highest BCUT2D eigenvalue weighted by Crippen LogP contribution is 2.32. The number of benzene rings is 1. The highest BCUT2D eigenvalue weighted by Gasteiger charge is 2.31. The fourth-order valence-corrected chi connectivity index (χ4v) is 1.99. The van der Waals surface area contributed by atoms with E-state index < -0.39 is 11.7 Å². The molecular weight excluding hydrogens is 308 g/mol. The summed E-state index contributed by atoms with van der Waals surface area (Å²) in [5.41, 5.74) is -0.113. The van der Waals surface area contributed by atoms with Gasteiger partial charge in [0, 0.05) is 13.6 Å². The molecule has 1 heterocycles. The molecule has 0 spiro atoms. The Morgan fingerprint density at radius 1 is 1.14 bits per heavy atom. The fraction of sp³-hybridized carbons (Fsp3) is 0.214. The fourth-order valence-electron chi connectivity index (χ4n) is 1.79. The number of nitrogens with zero attached hydrogens (tertiary/aromatic N) is 2. The SMILES string of the molecule is CN(Cc1ccc(F)cc1)c1cc(C(F)(F)F)cc(Cl)n1. The molecule has 112 valence electrons. The van der Waals surface area contributed by atoms with E-state index in [2.05, 4.69) is 4.98 Å². The monoisotopic (exact) mass is 318 g/mol. The predicted octanol–water partition coefficient (Wildman–Crippen LogP) is 4.53. The molecule has 1 aromatic carbocycles. The second-order valence-electron chi connectivity index (χ2n) is 4.52. The summed E-state index contributed by atoms with van der Waals surface area (Å²) in [5, 5.41) is -0.231. The summed E-state index contributed by atoms with van der Waals surface area (Å²) in [4.78, 5) is 5.39. The van der Waals surface area contributed by atoms with Gasteiger partial charge in [0.15, 0.2) is 0 Å². The van der Waals surface area contributed by atoms with Gasteiger partial charge in [-0.3, -0.25) is 0 Å². The molecule has 7 heteroatoms. The Bertz CT molecular complexity index is 626. The van der Waals surface area contributed by atoms with E-state index >= 15 is 0 Å². The van der Waals surface area contributed by atoms with E-state index in [1.54, 1.807) is 19.2 Å². The first-order chi connectivity index (χ1) is 9.75. The molecule has 0 aliphatic rings. The second-order valence-corrected chi connectivity index (χ2v) is 4.90. The molecule has 1 aromatic heterocycles. The van der Waals surface area contributed by atoms with Crippen molar-refractivity contribution < 1.29 is 17.6 Å². The van der Waals surface area contributed by atoms with E-state index in [0.717, 1.165) is 17.7 Å². The van der Waals surface area contributed by atoms with Crippen molar-refractivity contribution in [3.63, 3.8) is 0 Å². The van der Waals surface area contributed by atoms with Crippen LogP contribution < -0.4 is 4.90 Å². The third-order valence-electron chi connectivity index (χ3n) is 2.83. The highest BCUT2D eigenvalue weighted by molar-refractivity contribution is 6.29. The molecule has 0 N–H and O–H groups in total. The Morgan fingerprint density at radius 2 is 1.76 bits per heavy atom. The first-order valence-corrected chi connectivity index (χ1v) is 6.34. The topological polar surface area (TPSA) is 16.1 Å². The van der Waals surface area contributed by atoms with Gasteiger partial charge in [-0.2, -0.15) is 13.2 Å². The summed E-state index contributed by atoms with van der Waals surface area (Å²) in [5.74, 6) is -0.277. The van der Waals surface area contributed by atoms with Crippen molar-refractivity contribution in [2.75, 3.05) is 11.9 Å². The minimum atomic E-state index is -4.49. The molecule has 0 amide bonds. The molecule has 0 aliphatic heterocycles. The van der Waals surface area contributed by atoms with Crippen molar-refractivity contribution in [1.82, 2.24) is 4.98 Å². The normalized spacial score (nSPS) is 11.5. The summed E-state index contributed by atoms with van der Waals surface area (Å²) in [7, 11) is 1.59. The number of hydrogen-bond donors (Lipinski definition) is 0. The van der Waals surface area contributed by atoms with Gasteiger partial charge in [0.1, 0.15) is 16.8 Å². The average Bonchev–Trinajstić information content (AvgIpc) is 2.39. The summed E-state index contributed by atoms with van der Waals surface area (Å²) < 4.78 is 51.0. The summed E-state index contributed by atoms with van der Waals surface area (Å²) in [6, 6.07) is 7.39. The van der Waals surface area contributed by atoms with Crippen LogP contribution in [0.1, 0.15) is 11.1 Å². The van der Waals surface area contributed by atoms with Crippen molar-refractivity contribution in [1.29, 1.82) is 0 Å². The van der Waals surface area contributed by atoms with Crippen LogP contribution in [0.2, 0.25) is 5.15 Å². The Hall–Kier alpha value is -1.82. The van der Waals surface area contributed by atoms with E-state index in [4.69, 9.17) is 11.6 Å². The van der Waals surface area contributed by atoms with E-state index in [1.165, 1.54) is 17.0 Å². The van der Waals surface area contributed by atoms with Crippen LogP contribution in [0.25, 0.3) is 0 Å². The number of pyridine rings is 1. The largest absolute Gasteiger partial charge is 0.416 e. The van der Waals surface area contributed by atoms with E-state index in [-0.39, 0.29) is 23.3 Å². The van der Waals surface area contributed by atoms with Crippen molar-refractivity contribution in [3.05, 3.63) is 58.5 Å². The van der Waals surface area contributed by atoms with Gasteiger partial charge in [-0.05, 0) is 29.8 Å². The zero-order chi connectivity index (χ0) is 15.6. The maximum Gasteiger partial charge on any atom is 0.416 e. The zero-order valence-corrected chi connectivity index (χ0v) is 11.7. The van der Waals surface area contributed by atoms with Gasteiger partial charge < -0.3 is 4.90 Å². The lowest BCUT2D eigenvalue weighted by molar-refractivity contribution is -0.137. The quantitative estimate of drug-likeness (QED) is 0.610. The molecule has 0 bridgehead atoms. The van der Waals surface area contributed by atoms with Crippen LogP contribution in [-0.4, -0.2) is 12.0 Å². The van der Waals surface area contributed by atoms with Crippen LogP contribution in [0, 0.1) is 5.82 Å². The van der Waals surface area contributed by atoms with E-state index in [9.17, 15) is 17.6 Å². The maximum atomic E-state index is 12.8.